The van der Waals surface area contributed by atoms with Gasteiger partial charge < -0.3 is 15.2 Å². The zero-order valence-electron chi connectivity index (χ0n) is 14.6. The second-order valence-electron chi connectivity index (χ2n) is 6.51. The standard InChI is InChI=1S/C19H21N5O2/c1-2-12-8-16(24-23-12)13-9-15(22-19(21)14(13)10-20)11-3-4-17-18(7-11)26-6-5-25-17/h3-4,7,9,12,16,23-24H,2,5-6,8H2,1H3,(H2,21,22). The maximum Gasteiger partial charge on any atom is 0.162 e. The highest BCUT2D eigenvalue weighted by Gasteiger charge is 2.27. The molecule has 1 saturated heterocycles. The number of aromatic nitrogens is 1. The van der Waals surface area contributed by atoms with E-state index in [9.17, 15) is 5.26 Å². The number of nitrogen functional groups attached to an aromatic ring is 1. The summed E-state index contributed by atoms with van der Waals surface area (Å²) in [5.41, 5.74) is 15.5. The number of hydrogen-bond acceptors (Lipinski definition) is 7. The number of ether oxygens (including phenoxy) is 2. The summed E-state index contributed by atoms with van der Waals surface area (Å²) < 4.78 is 11.2. The first-order valence-corrected chi connectivity index (χ1v) is 8.81. The molecule has 2 aliphatic rings. The summed E-state index contributed by atoms with van der Waals surface area (Å²) in [6.45, 7) is 3.21. The van der Waals surface area contributed by atoms with Gasteiger partial charge in [0.05, 0.1) is 11.3 Å². The summed E-state index contributed by atoms with van der Waals surface area (Å²) in [6.07, 6.45) is 1.91. The van der Waals surface area contributed by atoms with Gasteiger partial charge in [0.1, 0.15) is 25.1 Å². The van der Waals surface area contributed by atoms with E-state index in [1.807, 2.05) is 24.3 Å². The lowest BCUT2D eigenvalue weighted by Gasteiger charge is -2.19. The van der Waals surface area contributed by atoms with Crippen molar-refractivity contribution in [3.63, 3.8) is 0 Å². The number of nitrogens with one attached hydrogen (secondary N) is 2. The molecule has 7 nitrogen and oxygen atoms in total. The van der Waals surface area contributed by atoms with E-state index in [0.29, 0.717) is 30.6 Å². The molecule has 1 aromatic carbocycles. The summed E-state index contributed by atoms with van der Waals surface area (Å²) in [7, 11) is 0. The molecule has 2 atom stereocenters. The van der Waals surface area contributed by atoms with Gasteiger partial charge in [0.15, 0.2) is 11.5 Å². The first kappa shape index (κ1) is 16.6. The third-order valence-electron chi connectivity index (χ3n) is 4.88. The van der Waals surface area contributed by atoms with Crippen molar-refractivity contribution in [1.29, 1.82) is 5.26 Å². The second-order valence-corrected chi connectivity index (χ2v) is 6.51. The molecule has 2 aromatic rings. The Labute approximate surface area is 152 Å². The number of anilines is 1. The van der Waals surface area contributed by atoms with Crippen LogP contribution >= 0.6 is 0 Å². The van der Waals surface area contributed by atoms with Crippen molar-refractivity contribution in [2.45, 2.75) is 31.8 Å². The average molecular weight is 351 g/mol. The smallest absolute Gasteiger partial charge is 0.162 e. The van der Waals surface area contributed by atoms with E-state index in [-0.39, 0.29) is 11.9 Å². The number of hydrazine groups is 1. The third kappa shape index (κ3) is 2.94. The number of rotatable bonds is 3. The Morgan fingerprint density at radius 3 is 2.77 bits per heavy atom. The number of fused-ring (bicyclic) bond motifs is 1. The fourth-order valence-electron chi connectivity index (χ4n) is 3.43. The van der Waals surface area contributed by atoms with E-state index in [2.05, 4.69) is 28.8 Å². The molecule has 7 heteroatoms. The number of benzene rings is 1. The third-order valence-corrected chi connectivity index (χ3v) is 4.88. The Bertz CT molecular complexity index is 877. The second kappa shape index (κ2) is 6.83. The average Bonchev–Trinajstić information content (AvgIpc) is 3.16. The largest absolute Gasteiger partial charge is 0.486 e. The minimum Gasteiger partial charge on any atom is -0.486 e. The molecule has 1 fully saturated rings. The van der Waals surface area contributed by atoms with Crippen LogP contribution in [0.2, 0.25) is 0 Å². The Morgan fingerprint density at radius 1 is 1.23 bits per heavy atom. The summed E-state index contributed by atoms with van der Waals surface area (Å²) in [5.74, 6) is 1.68. The van der Waals surface area contributed by atoms with Crippen molar-refractivity contribution in [3.05, 3.63) is 35.4 Å². The van der Waals surface area contributed by atoms with Crippen LogP contribution < -0.4 is 26.1 Å². The molecule has 2 unspecified atom stereocenters. The maximum absolute atomic E-state index is 9.55. The molecule has 26 heavy (non-hydrogen) atoms. The van der Waals surface area contributed by atoms with Crippen molar-refractivity contribution in [3.8, 4) is 28.8 Å². The van der Waals surface area contributed by atoms with Crippen molar-refractivity contribution in [2.75, 3.05) is 18.9 Å². The number of hydrogen-bond donors (Lipinski definition) is 3. The van der Waals surface area contributed by atoms with Gasteiger partial charge in [-0.2, -0.15) is 5.26 Å². The zero-order valence-corrected chi connectivity index (χ0v) is 14.6. The Morgan fingerprint density at radius 2 is 2.04 bits per heavy atom. The molecule has 0 aliphatic carbocycles. The van der Waals surface area contributed by atoms with E-state index >= 15 is 0 Å². The Hall–Kier alpha value is -2.82. The minimum atomic E-state index is 0.0239. The van der Waals surface area contributed by atoms with Crippen LogP contribution in [0.4, 0.5) is 5.82 Å². The van der Waals surface area contributed by atoms with Crippen LogP contribution in [0.3, 0.4) is 0 Å². The number of nitriles is 1. The summed E-state index contributed by atoms with van der Waals surface area (Å²) >= 11 is 0. The highest BCUT2D eigenvalue weighted by Crippen LogP contribution is 2.36. The van der Waals surface area contributed by atoms with Crippen molar-refractivity contribution in [2.24, 2.45) is 0 Å². The van der Waals surface area contributed by atoms with E-state index in [0.717, 1.165) is 35.4 Å². The summed E-state index contributed by atoms with van der Waals surface area (Å²) in [5, 5.41) is 9.55. The van der Waals surface area contributed by atoms with Gasteiger partial charge in [0.2, 0.25) is 0 Å². The van der Waals surface area contributed by atoms with Gasteiger partial charge in [-0.25, -0.2) is 10.4 Å². The Kier molecular flexibility index (Phi) is 4.37. The van der Waals surface area contributed by atoms with Gasteiger partial charge in [0, 0.05) is 17.6 Å². The van der Waals surface area contributed by atoms with Gasteiger partial charge in [-0.1, -0.05) is 6.92 Å². The lowest BCUT2D eigenvalue weighted by molar-refractivity contribution is 0.171. The van der Waals surface area contributed by atoms with Crippen LogP contribution in [-0.4, -0.2) is 24.2 Å². The molecule has 3 heterocycles. The predicted molar refractivity (Wildman–Crippen MR) is 97.5 cm³/mol. The summed E-state index contributed by atoms with van der Waals surface area (Å²) in [6, 6.07) is 10.3. The molecule has 134 valence electrons. The lowest BCUT2D eigenvalue weighted by atomic mass is 9.95. The minimum absolute atomic E-state index is 0.0239. The van der Waals surface area contributed by atoms with E-state index in [4.69, 9.17) is 15.2 Å². The van der Waals surface area contributed by atoms with Crippen LogP contribution in [0.25, 0.3) is 11.3 Å². The molecule has 4 rings (SSSR count). The quantitative estimate of drug-likeness (QED) is 0.779. The zero-order chi connectivity index (χ0) is 18.1. The molecule has 0 spiro atoms. The van der Waals surface area contributed by atoms with Gasteiger partial charge in [0.25, 0.3) is 0 Å². The first-order chi connectivity index (χ1) is 12.7. The lowest BCUT2D eigenvalue weighted by Crippen LogP contribution is -2.30. The molecule has 1 aromatic heterocycles. The molecule has 4 N–H and O–H groups in total. The predicted octanol–water partition coefficient (Wildman–Crippen LogP) is 2.29. The molecular formula is C19H21N5O2. The van der Waals surface area contributed by atoms with Crippen LogP contribution in [0, 0.1) is 11.3 Å². The van der Waals surface area contributed by atoms with Gasteiger partial charge in [-0.15, -0.1) is 0 Å². The normalized spacial score (nSPS) is 21.4. The van der Waals surface area contributed by atoms with Crippen molar-refractivity contribution in [1.82, 2.24) is 15.8 Å². The fourth-order valence-corrected chi connectivity index (χ4v) is 3.43. The van der Waals surface area contributed by atoms with Gasteiger partial charge in [-0.3, -0.25) is 5.43 Å². The SMILES string of the molecule is CCC1CC(c2cc(-c3ccc4c(c3)OCCO4)nc(N)c2C#N)NN1. The number of nitrogens with two attached hydrogens (primary N) is 1. The number of pyridine rings is 1. The topological polar surface area (TPSA) is 105 Å². The van der Waals surface area contributed by atoms with Crippen LogP contribution in [-0.2, 0) is 0 Å². The molecule has 0 amide bonds. The maximum atomic E-state index is 9.55. The fraction of sp³-hybridized carbons (Fsp3) is 0.368. The Balaban J connectivity index is 1.75. The van der Waals surface area contributed by atoms with Crippen LogP contribution in [0.1, 0.15) is 36.9 Å². The molecule has 2 aliphatic heterocycles. The van der Waals surface area contributed by atoms with Crippen LogP contribution in [0.15, 0.2) is 24.3 Å². The molecule has 0 saturated carbocycles. The number of nitrogens with zero attached hydrogens (tertiary/aromatic N) is 2. The molecular weight excluding hydrogens is 330 g/mol. The highest BCUT2D eigenvalue weighted by atomic mass is 16.6. The van der Waals surface area contributed by atoms with E-state index in [1.165, 1.54) is 0 Å². The van der Waals surface area contributed by atoms with E-state index < -0.39 is 0 Å². The van der Waals surface area contributed by atoms with Gasteiger partial charge in [-0.05, 0) is 42.7 Å². The van der Waals surface area contributed by atoms with Gasteiger partial charge >= 0.3 is 0 Å². The molecule has 0 radical (unpaired) electrons. The van der Waals surface area contributed by atoms with Crippen molar-refractivity contribution >= 4 is 5.82 Å². The highest BCUT2D eigenvalue weighted by molar-refractivity contribution is 5.69. The first-order valence-electron chi connectivity index (χ1n) is 8.81. The monoisotopic (exact) mass is 351 g/mol. The van der Waals surface area contributed by atoms with Crippen LogP contribution in [0.5, 0.6) is 11.5 Å². The van der Waals surface area contributed by atoms with Crippen molar-refractivity contribution < 1.29 is 9.47 Å². The van der Waals surface area contributed by atoms with E-state index in [1.54, 1.807) is 0 Å². The molecule has 0 bridgehead atoms. The summed E-state index contributed by atoms with van der Waals surface area (Å²) in [4.78, 5) is 4.45.